The average Bonchev–Trinajstić information content (AvgIpc) is 2.45. The molecule has 1 aromatic heterocycles. The number of nitrogens with zero attached hydrogens (tertiary/aromatic N) is 3. The third kappa shape index (κ3) is 1.87. The molecule has 0 aliphatic heterocycles. The number of hydrogen-bond donors (Lipinski definition) is 0. The van der Waals surface area contributed by atoms with E-state index in [4.69, 9.17) is 5.26 Å². The van der Waals surface area contributed by atoms with Crippen LogP contribution in [0.3, 0.4) is 0 Å². The van der Waals surface area contributed by atoms with E-state index in [9.17, 15) is 13.2 Å². The third-order valence-electron chi connectivity index (χ3n) is 1.79. The Labute approximate surface area is 78.8 Å². The molecule has 1 heterocycles. The summed E-state index contributed by atoms with van der Waals surface area (Å²) in [5, 5.41) is 11.8. The highest BCUT2D eigenvalue weighted by atomic mass is 19.4. The van der Waals surface area contributed by atoms with Gasteiger partial charge in [-0.05, 0) is 6.92 Å². The molecule has 14 heavy (non-hydrogen) atoms. The largest absolute Gasteiger partial charge is 0.435 e. The molecule has 1 atom stereocenters. The normalized spacial score (nSPS) is 13.7. The van der Waals surface area contributed by atoms with Gasteiger partial charge >= 0.3 is 6.18 Å². The first-order valence-corrected chi connectivity index (χ1v) is 3.86. The van der Waals surface area contributed by atoms with Gasteiger partial charge in [-0.15, -0.1) is 0 Å². The molecular formula is C8H8F3N3. The highest BCUT2D eigenvalue weighted by Gasteiger charge is 2.38. The first kappa shape index (κ1) is 10.6. The number of nitriles is 1. The molecule has 0 radical (unpaired) electrons. The highest BCUT2D eigenvalue weighted by Crippen LogP contribution is 2.33. The van der Waals surface area contributed by atoms with Gasteiger partial charge in [-0.1, -0.05) is 0 Å². The van der Waals surface area contributed by atoms with E-state index in [1.54, 1.807) is 6.07 Å². The van der Waals surface area contributed by atoms with Crippen molar-refractivity contribution in [2.75, 3.05) is 0 Å². The van der Waals surface area contributed by atoms with Crippen LogP contribution in [0.25, 0.3) is 0 Å². The number of halogens is 3. The van der Waals surface area contributed by atoms with Crippen LogP contribution in [0.2, 0.25) is 0 Å². The quantitative estimate of drug-likeness (QED) is 0.701. The van der Waals surface area contributed by atoms with Crippen LogP contribution in [0.4, 0.5) is 13.2 Å². The van der Waals surface area contributed by atoms with Crippen LogP contribution in [0.5, 0.6) is 0 Å². The molecule has 1 rings (SSSR count). The van der Waals surface area contributed by atoms with E-state index < -0.39 is 17.8 Å². The van der Waals surface area contributed by atoms with Crippen molar-refractivity contribution in [2.45, 2.75) is 19.0 Å². The minimum Gasteiger partial charge on any atom is -0.275 e. The van der Waals surface area contributed by atoms with Crippen molar-refractivity contribution in [1.82, 2.24) is 9.78 Å². The molecule has 0 fully saturated rings. The second kappa shape index (κ2) is 3.33. The van der Waals surface area contributed by atoms with Gasteiger partial charge in [0, 0.05) is 18.8 Å². The summed E-state index contributed by atoms with van der Waals surface area (Å²) in [6, 6.07) is 1.75. The molecule has 1 unspecified atom stereocenters. The molecule has 0 bridgehead atoms. The monoisotopic (exact) mass is 203 g/mol. The van der Waals surface area contributed by atoms with Crippen LogP contribution >= 0.6 is 0 Å². The van der Waals surface area contributed by atoms with E-state index in [1.165, 1.54) is 20.2 Å². The highest BCUT2D eigenvalue weighted by molar-refractivity contribution is 5.28. The zero-order valence-corrected chi connectivity index (χ0v) is 7.63. The zero-order valence-electron chi connectivity index (χ0n) is 7.63. The van der Waals surface area contributed by atoms with Crippen molar-refractivity contribution in [1.29, 1.82) is 5.26 Å². The first-order chi connectivity index (χ1) is 6.36. The Kier molecular flexibility index (Phi) is 2.51. The van der Waals surface area contributed by atoms with Crippen LogP contribution in [0.15, 0.2) is 6.20 Å². The van der Waals surface area contributed by atoms with Gasteiger partial charge in [0.2, 0.25) is 0 Å². The predicted octanol–water partition coefficient (Wildman–Crippen LogP) is 2.07. The topological polar surface area (TPSA) is 41.6 Å². The molecule has 0 spiro atoms. The lowest BCUT2D eigenvalue weighted by Gasteiger charge is -2.06. The van der Waals surface area contributed by atoms with E-state index in [0.717, 1.165) is 4.68 Å². The maximum absolute atomic E-state index is 12.4. The summed E-state index contributed by atoms with van der Waals surface area (Å²) < 4.78 is 38.2. The van der Waals surface area contributed by atoms with Crippen LogP contribution in [-0.4, -0.2) is 9.78 Å². The van der Waals surface area contributed by atoms with Crippen molar-refractivity contribution in [3.05, 3.63) is 17.5 Å². The average molecular weight is 203 g/mol. The summed E-state index contributed by atoms with van der Waals surface area (Å²) in [6.07, 6.45) is -3.28. The number of aryl methyl sites for hydroxylation is 1. The van der Waals surface area contributed by atoms with Crippen molar-refractivity contribution < 1.29 is 13.2 Å². The number of hydrogen-bond acceptors (Lipinski definition) is 2. The molecule has 0 N–H and O–H groups in total. The maximum atomic E-state index is 12.4. The molecule has 6 heteroatoms. The van der Waals surface area contributed by atoms with E-state index in [1.807, 2.05) is 0 Å². The SMILES string of the molecule is CC(C#N)c1cn(C)nc1C(F)(F)F. The molecule has 0 saturated heterocycles. The maximum Gasteiger partial charge on any atom is 0.435 e. The Morgan fingerprint density at radius 1 is 1.57 bits per heavy atom. The first-order valence-electron chi connectivity index (χ1n) is 3.86. The lowest BCUT2D eigenvalue weighted by Crippen LogP contribution is -2.10. The fourth-order valence-corrected chi connectivity index (χ4v) is 1.11. The minimum absolute atomic E-state index is 0.0810. The Morgan fingerprint density at radius 2 is 2.14 bits per heavy atom. The summed E-state index contributed by atoms with van der Waals surface area (Å²) in [7, 11) is 1.39. The van der Waals surface area contributed by atoms with Crippen molar-refractivity contribution >= 4 is 0 Å². The van der Waals surface area contributed by atoms with Gasteiger partial charge in [-0.3, -0.25) is 4.68 Å². The number of alkyl halides is 3. The van der Waals surface area contributed by atoms with Gasteiger partial charge in [0.1, 0.15) is 0 Å². The van der Waals surface area contributed by atoms with E-state index in [0.29, 0.717) is 0 Å². The van der Waals surface area contributed by atoms with Gasteiger partial charge in [0.15, 0.2) is 5.69 Å². The Morgan fingerprint density at radius 3 is 2.57 bits per heavy atom. The summed E-state index contributed by atoms with van der Waals surface area (Å²) in [5.74, 6) is -0.805. The third-order valence-corrected chi connectivity index (χ3v) is 1.79. The van der Waals surface area contributed by atoms with Crippen molar-refractivity contribution in [3.63, 3.8) is 0 Å². The summed E-state index contributed by atoms with van der Waals surface area (Å²) in [5.41, 5.74) is -1.06. The molecular weight excluding hydrogens is 195 g/mol. The lowest BCUT2D eigenvalue weighted by atomic mass is 10.0. The van der Waals surface area contributed by atoms with Gasteiger partial charge in [0.05, 0.1) is 12.0 Å². The number of aromatic nitrogens is 2. The smallest absolute Gasteiger partial charge is 0.275 e. The molecule has 0 amide bonds. The Bertz CT molecular complexity index is 372. The van der Waals surface area contributed by atoms with E-state index in [-0.39, 0.29) is 5.56 Å². The molecule has 0 saturated carbocycles. The van der Waals surface area contributed by atoms with E-state index in [2.05, 4.69) is 5.10 Å². The molecule has 0 aliphatic rings. The van der Waals surface area contributed by atoms with E-state index >= 15 is 0 Å². The van der Waals surface area contributed by atoms with Crippen molar-refractivity contribution in [3.8, 4) is 6.07 Å². The number of rotatable bonds is 1. The molecule has 3 nitrogen and oxygen atoms in total. The van der Waals surface area contributed by atoms with Crippen LogP contribution in [0, 0.1) is 11.3 Å². The fraction of sp³-hybridized carbons (Fsp3) is 0.500. The molecule has 0 aromatic carbocycles. The van der Waals surface area contributed by atoms with Gasteiger partial charge in [0.25, 0.3) is 0 Å². The Hall–Kier alpha value is -1.51. The summed E-state index contributed by atoms with van der Waals surface area (Å²) in [4.78, 5) is 0. The molecule has 1 aromatic rings. The second-order valence-electron chi connectivity index (χ2n) is 2.96. The van der Waals surface area contributed by atoms with Gasteiger partial charge in [-0.25, -0.2) is 0 Å². The van der Waals surface area contributed by atoms with Crippen LogP contribution in [-0.2, 0) is 13.2 Å². The minimum atomic E-state index is -4.50. The lowest BCUT2D eigenvalue weighted by molar-refractivity contribution is -0.142. The standard InChI is InChI=1S/C8H8F3N3/c1-5(3-12)6-4-14(2)13-7(6)8(9,10)11/h4-5H,1-2H3. The molecule has 0 aliphatic carbocycles. The summed E-state index contributed by atoms with van der Waals surface area (Å²) >= 11 is 0. The summed E-state index contributed by atoms with van der Waals surface area (Å²) in [6.45, 7) is 1.41. The fourth-order valence-electron chi connectivity index (χ4n) is 1.11. The van der Waals surface area contributed by atoms with Gasteiger partial charge < -0.3 is 0 Å². The van der Waals surface area contributed by atoms with Crippen LogP contribution in [0.1, 0.15) is 24.1 Å². The Balaban J connectivity index is 3.24. The van der Waals surface area contributed by atoms with Crippen LogP contribution < -0.4 is 0 Å². The second-order valence-corrected chi connectivity index (χ2v) is 2.96. The predicted molar refractivity (Wildman–Crippen MR) is 42.2 cm³/mol. The molecule has 76 valence electrons. The zero-order chi connectivity index (χ0) is 10.9. The van der Waals surface area contributed by atoms with Crippen molar-refractivity contribution in [2.24, 2.45) is 7.05 Å². The van der Waals surface area contributed by atoms with Gasteiger partial charge in [-0.2, -0.15) is 23.5 Å².